The lowest BCUT2D eigenvalue weighted by Crippen LogP contribution is -2.38. The second-order valence-electron chi connectivity index (χ2n) is 7.64. The number of aromatic nitrogens is 1. The summed E-state index contributed by atoms with van der Waals surface area (Å²) in [7, 11) is 1.65. The molecule has 31 heavy (non-hydrogen) atoms. The van der Waals surface area contributed by atoms with Crippen LogP contribution in [0, 0.1) is 0 Å². The van der Waals surface area contributed by atoms with E-state index in [0.717, 1.165) is 24.1 Å². The standard InChI is InChI=1S/C22H25N3O4.2H2S/c1-24-19-11-15(7-8-20(19)29-22(24)28)12-21(27)23-18(16-5-3-2-4-6-16)14-25-10-9-17(26)13-25;;/h2-8,11,17-18,26H,9-10,12-14H2,1H3,(H,23,27);2*1H2/t17-,18-;;/m1../s1. The summed E-state index contributed by atoms with van der Waals surface area (Å²) < 4.78 is 6.58. The molecule has 1 saturated heterocycles. The smallest absolute Gasteiger partial charge is 0.408 e. The van der Waals surface area contributed by atoms with Crippen LogP contribution in [0.2, 0.25) is 0 Å². The Balaban J connectivity index is 0.00000171. The van der Waals surface area contributed by atoms with Crippen LogP contribution in [0.25, 0.3) is 11.1 Å². The summed E-state index contributed by atoms with van der Waals surface area (Å²) in [5.41, 5.74) is 3.03. The molecule has 2 heterocycles. The van der Waals surface area contributed by atoms with Crippen molar-refractivity contribution in [1.29, 1.82) is 0 Å². The lowest BCUT2D eigenvalue weighted by atomic mass is 10.1. The number of hydrogen-bond acceptors (Lipinski definition) is 5. The zero-order chi connectivity index (χ0) is 20.4. The van der Waals surface area contributed by atoms with Gasteiger partial charge in [0.05, 0.1) is 24.1 Å². The van der Waals surface area contributed by atoms with E-state index in [9.17, 15) is 14.7 Å². The number of aliphatic hydroxyl groups excluding tert-OH is 1. The first kappa shape index (κ1) is 25.1. The molecule has 0 unspecified atom stereocenters. The molecule has 3 aromatic rings. The molecule has 0 radical (unpaired) electrons. The maximum atomic E-state index is 12.8. The van der Waals surface area contributed by atoms with Gasteiger partial charge in [0, 0.05) is 26.7 Å². The van der Waals surface area contributed by atoms with Crippen molar-refractivity contribution in [1.82, 2.24) is 14.8 Å². The number of carbonyl (C=O) groups is 1. The third-order valence-corrected chi connectivity index (χ3v) is 5.45. The van der Waals surface area contributed by atoms with E-state index in [0.29, 0.717) is 24.2 Å². The number of likely N-dealkylation sites (tertiary alicyclic amines) is 1. The van der Waals surface area contributed by atoms with Crippen LogP contribution in [0.4, 0.5) is 0 Å². The monoisotopic (exact) mass is 463 g/mol. The summed E-state index contributed by atoms with van der Waals surface area (Å²) in [6.07, 6.45) is 0.677. The van der Waals surface area contributed by atoms with E-state index in [4.69, 9.17) is 4.42 Å². The summed E-state index contributed by atoms with van der Waals surface area (Å²) in [6.45, 7) is 2.11. The molecule has 2 atom stereocenters. The van der Waals surface area contributed by atoms with Crippen molar-refractivity contribution in [2.45, 2.75) is 25.0 Å². The third kappa shape index (κ3) is 5.94. The van der Waals surface area contributed by atoms with Crippen LogP contribution >= 0.6 is 27.0 Å². The Hall–Kier alpha value is -2.20. The number of aryl methyl sites for hydroxylation is 1. The molecule has 0 saturated carbocycles. The molecule has 7 nitrogen and oxygen atoms in total. The summed E-state index contributed by atoms with van der Waals surface area (Å²) in [5.74, 6) is -0.509. The highest BCUT2D eigenvalue weighted by molar-refractivity contribution is 7.59. The second-order valence-corrected chi connectivity index (χ2v) is 7.64. The van der Waals surface area contributed by atoms with Gasteiger partial charge in [0.25, 0.3) is 0 Å². The number of oxazole rings is 1. The zero-order valence-corrected chi connectivity index (χ0v) is 19.4. The minimum absolute atomic E-state index is 0. The van der Waals surface area contributed by atoms with Crippen LogP contribution in [-0.4, -0.2) is 46.2 Å². The quantitative estimate of drug-likeness (QED) is 0.582. The third-order valence-electron chi connectivity index (χ3n) is 5.45. The van der Waals surface area contributed by atoms with Gasteiger partial charge in [-0.15, -0.1) is 0 Å². The van der Waals surface area contributed by atoms with Crippen molar-refractivity contribution in [3.8, 4) is 0 Å². The van der Waals surface area contributed by atoms with E-state index in [-0.39, 0.29) is 51.5 Å². The van der Waals surface area contributed by atoms with Crippen LogP contribution in [0.1, 0.15) is 23.6 Å². The zero-order valence-electron chi connectivity index (χ0n) is 17.4. The number of benzene rings is 2. The maximum absolute atomic E-state index is 12.8. The van der Waals surface area contributed by atoms with Crippen molar-refractivity contribution in [3.05, 3.63) is 70.2 Å². The largest absolute Gasteiger partial charge is 0.419 e. The Morgan fingerprint density at radius 2 is 1.97 bits per heavy atom. The summed E-state index contributed by atoms with van der Waals surface area (Å²) >= 11 is 0. The van der Waals surface area contributed by atoms with Crippen molar-refractivity contribution in [2.24, 2.45) is 7.05 Å². The Bertz CT molecular complexity index is 1070. The molecule has 9 heteroatoms. The van der Waals surface area contributed by atoms with E-state index in [1.807, 2.05) is 36.4 Å². The molecule has 1 aliphatic heterocycles. The number of nitrogens with zero attached hydrogens (tertiary/aromatic N) is 2. The van der Waals surface area contributed by atoms with Gasteiger partial charge in [-0.1, -0.05) is 36.4 Å². The van der Waals surface area contributed by atoms with Gasteiger partial charge in [0.1, 0.15) is 0 Å². The van der Waals surface area contributed by atoms with E-state index >= 15 is 0 Å². The number of aliphatic hydroxyl groups is 1. The number of fused-ring (bicyclic) bond motifs is 1. The number of hydrogen-bond donors (Lipinski definition) is 2. The predicted molar refractivity (Wildman–Crippen MR) is 130 cm³/mol. The molecule has 1 amide bonds. The predicted octanol–water partition coefficient (Wildman–Crippen LogP) is 1.82. The Morgan fingerprint density at radius 3 is 2.65 bits per heavy atom. The van der Waals surface area contributed by atoms with Crippen molar-refractivity contribution in [2.75, 3.05) is 19.6 Å². The highest BCUT2D eigenvalue weighted by atomic mass is 32.1. The number of rotatable bonds is 6. The molecule has 1 aromatic heterocycles. The Morgan fingerprint density at radius 1 is 1.23 bits per heavy atom. The molecule has 0 bridgehead atoms. The van der Waals surface area contributed by atoms with Crippen molar-refractivity contribution >= 4 is 44.0 Å². The fourth-order valence-electron chi connectivity index (χ4n) is 3.87. The van der Waals surface area contributed by atoms with Gasteiger partial charge < -0.3 is 14.8 Å². The van der Waals surface area contributed by atoms with Crippen LogP contribution in [0.3, 0.4) is 0 Å². The SMILES string of the molecule is Cn1c(=O)oc2ccc(CC(=O)N[C@H](CN3CC[C@@H](O)C3)c3ccccc3)cc21.S.S. The Labute approximate surface area is 194 Å². The molecule has 2 aromatic carbocycles. The van der Waals surface area contributed by atoms with Crippen LogP contribution in [-0.2, 0) is 18.3 Å². The fourth-order valence-corrected chi connectivity index (χ4v) is 3.87. The average Bonchev–Trinajstić information content (AvgIpc) is 3.25. The van der Waals surface area contributed by atoms with Crippen LogP contribution in [0.15, 0.2) is 57.7 Å². The summed E-state index contributed by atoms with van der Waals surface area (Å²) in [6, 6.07) is 15.1. The highest BCUT2D eigenvalue weighted by Crippen LogP contribution is 2.19. The topological polar surface area (TPSA) is 87.7 Å². The highest BCUT2D eigenvalue weighted by Gasteiger charge is 2.24. The van der Waals surface area contributed by atoms with Crippen molar-refractivity contribution in [3.63, 3.8) is 0 Å². The molecule has 0 aliphatic carbocycles. The van der Waals surface area contributed by atoms with Crippen LogP contribution < -0.4 is 11.1 Å². The van der Waals surface area contributed by atoms with E-state index in [2.05, 4.69) is 10.2 Å². The summed E-state index contributed by atoms with van der Waals surface area (Å²) in [4.78, 5) is 26.6. The molecule has 0 spiro atoms. The Kier molecular flexibility index (Phi) is 8.81. The van der Waals surface area contributed by atoms with Gasteiger partial charge in [-0.05, 0) is 29.7 Å². The normalized spacial score (nSPS) is 17.0. The molecule has 2 N–H and O–H groups in total. The van der Waals surface area contributed by atoms with Gasteiger partial charge >= 0.3 is 5.76 Å². The maximum Gasteiger partial charge on any atom is 0.419 e. The molecule has 1 aliphatic rings. The molecule has 168 valence electrons. The lowest BCUT2D eigenvalue weighted by molar-refractivity contribution is -0.121. The lowest BCUT2D eigenvalue weighted by Gasteiger charge is -2.25. The average molecular weight is 464 g/mol. The fraction of sp³-hybridized carbons (Fsp3) is 0.364. The van der Waals surface area contributed by atoms with E-state index < -0.39 is 5.76 Å². The summed E-state index contributed by atoms with van der Waals surface area (Å²) in [5, 5.41) is 12.9. The molecular weight excluding hydrogens is 434 g/mol. The van der Waals surface area contributed by atoms with Gasteiger partial charge in [-0.2, -0.15) is 27.0 Å². The minimum Gasteiger partial charge on any atom is -0.408 e. The van der Waals surface area contributed by atoms with Crippen molar-refractivity contribution < 1.29 is 14.3 Å². The molecular formula is C22H29N3O4S2. The van der Waals surface area contributed by atoms with Gasteiger partial charge in [0.2, 0.25) is 5.91 Å². The van der Waals surface area contributed by atoms with E-state index in [1.54, 1.807) is 19.2 Å². The molecule has 1 fully saturated rings. The van der Waals surface area contributed by atoms with E-state index in [1.165, 1.54) is 4.57 Å². The molecule has 4 rings (SSSR count). The van der Waals surface area contributed by atoms with Gasteiger partial charge in [-0.3, -0.25) is 14.3 Å². The first-order valence-electron chi connectivity index (χ1n) is 9.83. The number of nitrogens with one attached hydrogen (secondary N) is 1. The number of amides is 1. The van der Waals surface area contributed by atoms with Gasteiger partial charge in [-0.25, -0.2) is 4.79 Å². The van der Waals surface area contributed by atoms with Crippen LogP contribution in [0.5, 0.6) is 0 Å². The van der Waals surface area contributed by atoms with Gasteiger partial charge in [0.15, 0.2) is 5.58 Å². The number of carbonyl (C=O) groups excluding carboxylic acids is 1. The first-order valence-corrected chi connectivity index (χ1v) is 9.83. The second kappa shape index (κ2) is 10.9. The first-order chi connectivity index (χ1) is 14.0. The minimum atomic E-state index is -0.418. The number of β-amino-alcohol motifs (C(OH)–C–C–N with tert-alkyl or cyclic N) is 1.